The average molecular weight is 258 g/mol. The lowest BCUT2D eigenvalue weighted by molar-refractivity contribution is 0.415. The summed E-state index contributed by atoms with van der Waals surface area (Å²) in [7, 11) is 3.26. The van der Waals surface area contributed by atoms with Gasteiger partial charge in [-0.3, -0.25) is 5.43 Å². The monoisotopic (exact) mass is 258 g/mol. The van der Waals surface area contributed by atoms with Crippen molar-refractivity contribution < 1.29 is 9.47 Å². The van der Waals surface area contributed by atoms with Crippen molar-refractivity contribution in [1.82, 2.24) is 0 Å². The highest BCUT2D eigenvalue weighted by molar-refractivity contribution is 5.46. The van der Waals surface area contributed by atoms with E-state index in [-0.39, 0.29) is 0 Å². The molecule has 0 bridgehead atoms. The number of nitrogens with one attached hydrogen (secondary N) is 1. The maximum absolute atomic E-state index is 5.07. The number of hydrogen-bond donors (Lipinski definition) is 1. The van der Waals surface area contributed by atoms with Gasteiger partial charge in [0.25, 0.3) is 0 Å². The smallest absolute Gasteiger partial charge is 0.119 e. The van der Waals surface area contributed by atoms with Gasteiger partial charge in [-0.25, -0.2) is 0 Å². The third-order valence-electron chi connectivity index (χ3n) is 2.51. The lowest BCUT2D eigenvalue weighted by Crippen LogP contribution is -1.87. The first-order valence-corrected chi connectivity index (χ1v) is 5.76. The van der Waals surface area contributed by atoms with E-state index in [0.29, 0.717) is 0 Å². The third-order valence-corrected chi connectivity index (χ3v) is 2.51. The predicted molar refractivity (Wildman–Crippen MR) is 74.1 cm³/mol. The lowest BCUT2D eigenvalue weighted by Gasteiger charge is -2.01. The minimum absolute atomic E-state index is 0.752. The molecule has 0 saturated carbocycles. The molecular weight excluding hydrogens is 243 g/mol. The molecule has 98 valence electrons. The summed E-state index contributed by atoms with van der Waals surface area (Å²) in [6, 6.07) is 14.8. The molecule has 0 spiro atoms. The van der Waals surface area contributed by atoms with Gasteiger partial charge in [0.1, 0.15) is 11.5 Å². The summed E-state index contributed by atoms with van der Waals surface area (Å²) >= 11 is 0. The van der Waals surface area contributed by atoms with Crippen LogP contribution >= 0.6 is 0 Å². The Balaban J connectivity index is 1.94. The van der Waals surface area contributed by atoms with Gasteiger partial charge in [-0.1, -0.05) is 5.22 Å². The van der Waals surface area contributed by atoms with Crippen molar-refractivity contribution in [3.8, 4) is 11.5 Å². The molecule has 2 rings (SSSR count). The molecule has 2 aromatic rings. The van der Waals surface area contributed by atoms with Gasteiger partial charge in [0, 0.05) is 0 Å². The first kappa shape index (κ1) is 12.9. The number of benzene rings is 2. The van der Waals surface area contributed by atoms with Crippen molar-refractivity contribution in [2.24, 2.45) is 10.3 Å². The standard InChI is InChI=1S/C14H15N3O2/c1-18-13-7-3-11(4-8-13)15-17-16-12-5-9-14(19-2)10-6-12/h3-10H,1-2H3,(H,15,16)/i17+1. The van der Waals surface area contributed by atoms with Crippen LogP contribution in [0.15, 0.2) is 58.9 Å². The zero-order chi connectivity index (χ0) is 13.5. The van der Waals surface area contributed by atoms with E-state index in [2.05, 4.69) is 15.8 Å². The number of methoxy groups -OCH3 is 2. The summed E-state index contributed by atoms with van der Waals surface area (Å²) in [5.74, 6) is 1.60. The Morgan fingerprint density at radius 2 is 1.32 bits per heavy atom. The highest BCUT2D eigenvalue weighted by Gasteiger charge is 1.93. The quantitative estimate of drug-likeness (QED) is 0.504. The lowest BCUT2D eigenvalue weighted by atomic mass is 10.3. The number of ether oxygens (including phenoxy) is 2. The van der Waals surface area contributed by atoms with Crippen molar-refractivity contribution in [2.45, 2.75) is 0 Å². The largest absolute Gasteiger partial charge is 0.497 e. The molecule has 0 aliphatic carbocycles. The molecule has 0 saturated heterocycles. The average Bonchev–Trinajstić information content (AvgIpc) is 2.49. The molecule has 5 nitrogen and oxygen atoms in total. The van der Waals surface area contributed by atoms with Crippen LogP contribution < -0.4 is 14.9 Å². The van der Waals surface area contributed by atoms with Gasteiger partial charge >= 0.3 is 0 Å². The van der Waals surface area contributed by atoms with Crippen molar-refractivity contribution in [3.05, 3.63) is 48.5 Å². The molecule has 5 heteroatoms. The highest BCUT2D eigenvalue weighted by Crippen LogP contribution is 2.19. The molecule has 0 aliphatic heterocycles. The molecule has 2 aromatic carbocycles. The van der Waals surface area contributed by atoms with Crippen molar-refractivity contribution in [3.63, 3.8) is 0 Å². The molecule has 0 aromatic heterocycles. The zero-order valence-corrected chi connectivity index (χ0v) is 10.8. The van der Waals surface area contributed by atoms with Crippen LogP contribution in [-0.2, 0) is 0 Å². The molecule has 1 N–H and O–H groups in total. The molecule has 0 radical (unpaired) electrons. The van der Waals surface area contributed by atoms with Crippen LogP contribution in [0.3, 0.4) is 0 Å². The van der Waals surface area contributed by atoms with E-state index in [1.807, 2.05) is 48.5 Å². The fraction of sp³-hybridized carbons (Fsp3) is 0.143. The van der Waals surface area contributed by atoms with Crippen LogP contribution in [-0.4, -0.2) is 14.2 Å². The van der Waals surface area contributed by atoms with Crippen LogP contribution in [0.4, 0.5) is 11.4 Å². The summed E-state index contributed by atoms with van der Waals surface area (Å²) in [4.78, 5) is 0. The maximum Gasteiger partial charge on any atom is 0.119 e. The van der Waals surface area contributed by atoms with Crippen LogP contribution in [0.2, 0.25) is 0 Å². The van der Waals surface area contributed by atoms with Crippen molar-refractivity contribution in [1.29, 1.82) is 0 Å². The summed E-state index contributed by atoms with van der Waals surface area (Å²) in [5, 5.41) is 7.96. The molecular formula is C14H15N3O2. The fourth-order valence-corrected chi connectivity index (χ4v) is 1.45. The Bertz CT molecular complexity index is 536. The van der Waals surface area contributed by atoms with Gasteiger partial charge in [0.05, 0.1) is 25.6 Å². The Morgan fingerprint density at radius 1 is 0.789 bits per heavy atom. The first-order valence-electron chi connectivity index (χ1n) is 5.76. The van der Waals surface area contributed by atoms with E-state index in [1.54, 1.807) is 14.2 Å². The van der Waals surface area contributed by atoms with Crippen molar-refractivity contribution in [2.75, 3.05) is 19.6 Å². The van der Waals surface area contributed by atoms with E-state index in [4.69, 9.17) is 9.47 Å². The molecule has 0 atom stereocenters. The molecule has 0 unspecified atom stereocenters. The van der Waals surface area contributed by atoms with E-state index in [9.17, 15) is 0 Å². The summed E-state index contributed by atoms with van der Waals surface area (Å²) < 4.78 is 10.1. The second-order valence-corrected chi connectivity index (χ2v) is 3.74. The van der Waals surface area contributed by atoms with Gasteiger partial charge in [-0.05, 0) is 48.5 Å². The van der Waals surface area contributed by atoms with Crippen LogP contribution in [0.25, 0.3) is 0 Å². The maximum atomic E-state index is 5.07. The third kappa shape index (κ3) is 3.70. The van der Waals surface area contributed by atoms with Gasteiger partial charge in [0.2, 0.25) is 0 Å². The normalized spacial score (nSPS) is 10.4. The predicted octanol–water partition coefficient (Wildman–Crippen LogP) is 3.81. The SMILES string of the molecule is COc1ccc(N=[15N]Nc2ccc(OC)cc2)cc1. The number of hydrogen-bond acceptors (Lipinski definition) is 4. The van der Waals surface area contributed by atoms with Gasteiger partial charge in [0.15, 0.2) is 0 Å². The van der Waals surface area contributed by atoms with Gasteiger partial charge in [-0.15, -0.1) is 5.11 Å². The van der Waals surface area contributed by atoms with E-state index in [0.717, 1.165) is 22.9 Å². The number of anilines is 1. The second-order valence-electron chi connectivity index (χ2n) is 3.74. The van der Waals surface area contributed by atoms with E-state index < -0.39 is 0 Å². The van der Waals surface area contributed by atoms with Crippen LogP contribution in [0.1, 0.15) is 0 Å². The first-order chi connectivity index (χ1) is 9.31. The molecule has 19 heavy (non-hydrogen) atoms. The topological polar surface area (TPSA) is 55.2 Å². The van der Waals surface area contributed by atoms with Crippen molar-refractivity contribution >= 4 is 11.4 Å². The minimum Gasteiger partial charge on any atom is -0.497 e. The number of nitrogens with zero attached hydrogens (tertiary/aromatic N) is 2. The Hall–Kier alpha value is -2.56. The summed E-state index contributed by atoms with van der Waals surface area (Å²) in [6.45, 7) is 0. The van der Waals surface area contributed by atoms with Gasteiger partial charge < -0.3 is 9.47 Å². The summed E-state index contributed by atoms with van der Waals surface area (Å²) in [6.07, 6.45) is 0. The summed E-state index contributed by atoms with van der Waals surface area (Å²) in [5.41, 5.74) is 4.44. The zero-order valence-electron chi connectivity index (χ0n) is 10.8. The molecule has 0 heterocycles. The Morgan fingerprint density at radius 3 is 1.84 bits per heavy atom. The minimum atomic E-state index is 0.752. The number of rotatable bonds is 5. The Kier molecular flexibility index (Phi) is 4.34. The second kappa shape index (κ2) is 6.39. The van der Waals surface area contributed by atoms with E-state index >= 15 is 0 Å². The molecule has 0 aliphatic rings. The Labute approximate surface area is 111 Å². The van der Waals surface area contributed by atoms with E-state index in [1.165, 1.54) is 0 Å². The van der Waals surface area contributed by atoms with Gasteiger partial charge in [-0.2, -0.15) is 0 Å². The fourth-order valence-electron chi connectivity index (χ4n) is 1.45. The van der Waals surface area contributed by atoms with Crippen LogP contribution in [0, 0.1) is 0 Å². The van der Waals surface area contributed by atoms with Crippen LogP contribution in [0.5, 0.6) is 11.5 Å². The molecule has 0 amide bonds. The highest BCUT2D eigenvalue weighted by atomic mass is 16.5. The molecule has 0 fully saturated rings.